The summed E-state index contributed by atoms with van der Waals surface area (Å²) in [5, 5.41) is 27.6. The van der Waals surface area contributed by atoms with Gasteiger partial charge in [0.05, 0.1) is 0 Å². The van der Waals surface area contributed by atoms with Gasteiger partial charge in [-0.05, 0) is 236 Å². The molecule has 16 rings (SSSR count). The zero-order valence-corrected chi connectivity index (χ0v) is 60.2. The largest absolute Gasteiger partial charge is 0.446 e. The average molecular weight is 1320 g/mol. The Morgan fingerprint density at radius 1 is 0.333 bits per heavy atom. The third-order valence-corrected chi connectivity index (χ3v) is 27.9. The van der Waals surface area contributed by atoms with Crippen LogP contribution in [0.5, 0.6) is 34.5 Å². The number of hydrogen-bond acceptors (Lipinski definition) is 9. The molecule has 9 fully saturated rings. The van der Waals surface area contributed by atoms with E-state index in [2.05, 4.69) is 151 Å². The van der Waals surface area contributed by atoms with E-state index in [0.717, 1.165) is 186 Å². The third-order valence-electron chi connectivity index (χ3n) is 27.9. The monoisotopic (exact) mass is 1310 g/mol. The Kier molecular flexibility index (Phi) is 15.5. The molecule has 6 N–H and O–H groups in total. The molecule has 3 spiro atoms. The van der Waals surface area contributed by atoms with Crippen molar-refractivity contribution in [3.63, 3.8) is 0 Å². The number of ether oxygens (including phenoxy) is 6. The standard InChI is InChI=1S/C81H114N6O9/c1-46-25-28-58(73(4,5)6)61(37-46)82-70(88)85-76-31-13-19-49(20-14-32-76)79(76)91-64-40-52-53(41-65(64)92-79)55-43-67-69(96-81(94-67)51-23-17-35-78(81,36-18-24-51)87-72(90)84-63-39-48(3)27-30-60(63)75(10,11)12)45-57(55)56-44-68-66(42-54(52)56)93-80(95-68)50-21-15-33-77(80,34-16-22-50)86-71(89)83-62-38-47(2)26-29-59(62)74(7,8)9/h40-51,58-63H,13-39H2,1-12H3,(H2,82,85,88)(H2,83,86,89)(H2,84,87,90). The first-order valence-corrected chi connectivity index (χ1v) is 38.6. The molecule has 0 radical (unpaired) electrons. The van der Waals surface area contributed by atoms with Crippen LogP contribution in [0.15, 0.2) is 36.4 Å². The van der Waals surface area contributed by atoms with Crippen LogP contribution in [0.2, 0.25) is 0 Å². The van der Waals surface area contributed by atoms with Crippen molar-refractivity contribution < 1.29 is 42.8 Å². The number of amides is 6. The third kappa shape index (κ3) is 10.3. The van der Waals surface area contributed by atoms with Crippen LogP contribution in [-0.4, -0.2) is 70.2 Å². The SMILES string of the molecule is CC1CCC(C(C)(C)C)C(NC(=O)NC23CCCC(CCC2)C32Oc3cc4c5cc6c(cc5c5cc7c(cc5c4cc3O2)OC2(O7)C3CCCC2(NC(=O)NC2CC(C)CCC2C(C)(C)C)CCC3)OC2(O6)C3CCCC2(NC(=O)NC2CC(C)CCC2C(C)(C)C)CCC3)C1. The molecule has 522 valence electrons. The van der Waals surface area contributed by atoms with Crippen molar-refractivity contribution in [2.75, 3.05) is 0 Å². The molecule has 9 unspecified atom stereocenters. The Hall–Kier alpha value is -5.73. The second-order valence-electron chi connectivity index (χ2n) is 37.1. The summed E-state index contributed by atoms with van der Waals surface area (Å²) in [6, 6.07) is 13.0. The molecule has 9 atom stereocenters. The second kappa shape index (κ2) is 22.9. The predicted octanol–water partition coefficient (Wildman–Crippen LogP) is 18.2. The topological polar surface area (TPSA) is 179 Å². The number of benzene rings is 4. The molecular formula is C81H114N6O9. The molecule has 6 bridgehead atoms. The minimum absolute atomic E-state index is 0.0568. The smallest absolute Gasteiger partial charge is 0.315 e. The van der Waals surface area contributed by atoms with Crippen molar-refractivity contribution in [2.24, 2.45) is 69.5 Å². The summed E-state index contributed by atoms with van der Waals surface area (Å²) in [5.74, 6) is 3.57. The zero-order valence-electron chi connectivity index (χ0n) is 60.2. The summed E-state index contributed by atoms with van der Waals surface area (Å²) in [7, 11) is 0. The lowest BCUT2D eigenvalue weighted by Crippen LogP contribution is -2.75. The van der Waals surface area contributed by atoms with Gasteiger partial charge in [-0.1, -0.05) is 141 Å². The highest BCUT2D eigenvalue weighted by Gasteiger charge is 2.70. The first-order chi connectivity index (χ1) is 45.6. The number of fused-ring (bicyclic) bond motifs is 9. The number of carbonyl (C=O) groups is 3. The van der Waals surface area contributed by atoms with Crippen LogP contribution in [0.25, 0.3) is 32.3 Å². The van der Waals surface area contributed by atoms with Gasteiger partial charge in [0, 0.05) is 35.9 Å². The molecule has 96 heavy (non-hydrogen) atoms. The van der Waals surface area contributed by atoms with Crippen LogP contribution in [0.4, 0.5) is 14.4 Å². The summed E-state index contributed by atoms with van der Waals surface area (Å²) >= 11 is 0. The molecular weight excluding hydrogens is 1200 g/mol. The Labute approximate surface area is 571 Å². The zero-order chi connectivity index (χ0) is 66.9. The van der Waals surface area contributed by atoms with Gasteiger partial charge >= 0.3 is 18.1 Å². The molecule has 15 heteroatoms. The number of nitrogens with one attached hydrogen (secondary N) is 6. The van der Waals surface area contributed by atoms with Gasteiger partial charge in [-0.25, -0.2) is 14.4 Å². The van der Waals surface area contributed by atoms with Gasteiger partial charge in [-0.2, -0.15) is 0 Å². The van der Waals surface area contributed by atoms with E-state index >= 15 is 0 Å². The van der Waals surface area contributed by atoms with Gasteiger partial charge in [0.15, 0.2) is 34.5 Å². The molecule has 3 aliphatic heterocycles. The van der Waals surface area contributed by atoms with E-state index in [0.29, 0.717) is 70.0 Å². The minimum Gasteiger partial charge on any atom is -0.446 e. The number of hydrogen-bond donors (Lipinski definition) is 6. The number of urea groups is 3. The second-order valence-corrected chi connectivity index (χ2v) is 37.1. The summed E-state index contributed by atoms with van der Waals surface area (Å²) in [5.41, 5.74) is -2.13. The van der Waals surface area contributed by atoms with Crippen LogP contribution >= 0.6 is 0 Å². The van der Waals surface area contributed by atoms with Gasteiger partial charge in [-0.15, -0.1) is 0 Å². The van der Waals surface area contributed by atoms with Crippen molar-refractivity contribution in [2.45, 2.75) is 309 Å². The molecule has 0 aromatic heterocycles. The summed E-state index contributed by atoms with van der Waals surface area (Å²) < 4.78 is 45.5. The van der Waals surface area contributed by atoms with Gasteiger partial charge in [0.1, 0.15) is 16.6 Å². The van der Waals surface area contributed by atoms with Gasteiger partial charge in [-0.3, -0.25) is 0 Å². The van der Waals surface area contributed by atoms with E-state index in [1.54, 1.807) is 0 Å². The normalized spacial score (nSPS) is 39.0. The van der Waals surface area contributed by atoms with Crippen molar-refractivity contribution in [1.29, 1.82) is 0 Å². The van der Waals surface area contributed by atoms with Crippen molar-refractivity contribution >= 4 is 50.4 Å². The Balaban J connectivity index is 0.795. The predicted molar refractivity (Wildman–Crippen MR) is 377 cm³/mol. The maximum absolute atomic E-state index is 14.9. The van der Waals surface area contributed by atoms with E-state index in [-0.39, 0.29) is 70.2 Å². The summed E-state index contributed by atoms with van der Waals surface area (Å²) in [6.07, 6.45) is 25.7. The molecule has 3 heterocycles. The van der Waals surface area contributed by atoms with Crippen LogP contribution in [0.3, 0.4) is 0 Å². The Morgan fingerprint density at radius 2 is 0.542 bits per heavy atom. The average Bonchev–Trinajstić information content (AvgIpc) is 1.43. The highest BCUT2D eigenvalue weighted by molar-refractivity contribution is 6.27. The molecule has 9 saturated carbocycles. The molecule has 12 aliphatic rings. The van der Waals surface area contributed by atoms with E-state index in [4.69, 9.17) is 28.4 Å². The van der Waals surface area contributed by atoms with Crippen LogP contribution in [-0.2, 0) is 0 Å². The number of carbonyl (C=O) groups excluding carboxylic acids is 3. The van der Waals surface area contributed by atoms with E-state index in [9.17, 15) is 14.4 Å². The van der Waals surface area contributed by atoms with Crippen molar-refractivity contribution in [1.82, 2.24) is 31.9 Å². The molecule has 15 nitrogen and oxygen atoms in total. The molecule has 4 aromatic carbocycles. The summed E-state index contributed by atoms with van der Waals surface area (Å²) in [6.45, 7) is 27.8. The lowest BCUT2D eigenvalue weighted by atomic mass is 9.62. The molecule has 4 aromatic rings. The van der Waals surface area contributed by atoms with Crippen LogP contribution < -0.4 is 60.3 Å². The van der Waals surface area contributed by atoms with E-state index < -0.39 is 34.0 Å². The maximum Gasteiger partial charge on any atom is 0.315 e. The van der Waals surface area contributed by atoms with E-state index in [1.165, 1.54) is 19.3 Å². The van der Waals surface area contributed by atoms with Gasteiger partial charge in [0.2, 0.25) is 0 Å². The lowest BCUT2D eigenvalue weighted by molar-refractivity contribution is -0.222. The van der Waals surface area contributed by atoms with Crippen molar-refractivity contribution in [3.8, 4) is 34.5 Å². The fourth-order valence-corrected chi connectivity index (χ4v) is 23.3. The molecule has 6 amide bonds. The van der Waals surface area contributed by atoms with Gasteiger partial charge in [0.25, 0.3) is 17.4 Å². The Bertz CT molecular complexity index is 3200. The lowest BCUT2D eigenvalue weighted by Gasteiger charge is -2.56. The van der Waals surface area contributed by atoms with Crippen LogP contribution in [0, 0.1) is 69.5 Å². The van der Waals surface area contributed by atoms with Gasteiger partial charge < -0.3 is 60.3 Å². The first-order valence-electron chi connectivity index (χ1n) is 38.6. The summed E-state index contributed by atoms with van der Waals surface area (Å²) in [4.78, 5) is 44.6. The van der Waals surface area contributed by atoms with Crippen molar-refractivity contribution in [3.05, 3.63) is 36.4 Å². The maximum atomic E-state index is 14.9. The fourth-order valence-electron chi connectivity index (χ4n) is 23.3. The number of rotatable bonds is 6. The Morgan fingerprint density at radius 3 is 0.740 bits per heavy atom. The minimum atomic E-state index is -1.12. The van der Waals surface area contributed by atoms with E-state index in [1.807, 2.05) is 0 Å². The highest BCUT2D eigenvalue weighted by atomic mass is 16.8. The first kappa shape index (κ1) is 64.9. The quantitative estimate of drug-likeness (QED) is 0.103. The van der Waals surface area contributed by atoms with Crippen LogP contribution in [0.1, 0.15) is 256 Å². The molecule has 9 aliphatic carbocycles. The molecule has 0 saturated heterocycles. The fraction of sp³-hybridized carbons (Fsp3) is 0.741. The highest BCUT2D eigenvalue weighted by Crippen LogP contribution is 2.64.